The highest BCUT2D eigenvalue weighted by Crippen LogP contribution is 2.27. The minimum absolute atomic E-state index is 0.176. The van der Waals surface area contributed by atoms with Crippen molar-refractivity contribution in [2.45, 2.75) is 13.5 Å². The molecule has 5 rings (SSSR count). The van der Waals surface area contributed by atoms with E-state index in [2.05, 4.69) is 15.4 Å². The fourth-order valence-corrected chi connectivity index (χ4v) is 4.69. The lowest BCUT2D eigenvalue weighted by atomic mass is 10.1. The van der Waals surface area contributed by atoms with E-state index in [4.69, 9.17) is 0 Å². The second kappa shape index (κ2) is 9.22. The number of benzene rings is 2. The number of amides is 1. The third-order valence-corrected chi connectivity index (χ3v) is 6.67. The first kappa shape index (κ1) is 22.6. The maximum Gasteiger partial charge on any atom is 0.266 e. The SMILES string of the molecule is Cc1c(C(=O)NCCn2nc(-c3ccc(F)cc3)ccc2=O)sc2nc(-c3ccc(F)cc3)cn12. The van der Waals surface area contributed by atoms with Crippen LogP contribution in [0.1, 0.15) is 15.4 Å². The van der Waals surface area contributed by atoms with Crippen LogP contribution in [-0.2, 0) is 6.54 Å². The number of fused-ring (bicyclic) bond motifs is 1. The first-order chi connectivity index (χ1) is 16.9. The highest BCUT2D eigenvalue weighted by molar-refractivity contribution is 7.19. The lowest BCUT2D eigenvalue weighted by Gasteiger charge is -2.08. The minimum Gasteiger partial charge on any atom is -0.349 e. The molecule has 0 aliphatic rings. The van der Waals surface area contributed by atoms with E-state index < -0.39 is 0 Å². The minimum atomic E-state index is -0.354. The molecule has 0 radical (unpaired) electrons. The van der Waals surface area contributed by atoms with E-state index in [-0.39, 0.29) is 36.2 Å². The Morgan fingerprint density at radius 3 is 2.20 bits per heavy atom. The van der Waals surface area contributed by atoms with Gasteiger partial charge in [0.1, 0.15) is 16.5 Å². The second-order valence-corrected chi connectivity index (χ2v) is 8.82. The Hall–Kier alpha value is -4.18. The number of hydrogen-bond donors (Lipinski definition) is 1. The molecule has 0 saturated heterocycles. The number of rotatable bonds is 6. The molecule has 176 valence electrons. The molecule has 0 saturated carbocycles. The number of thiazole rings is 1. The number of nitrogens with one attached hydrogen (secondary N) is 1. The van der Waals surface area contributed by atoms with Gasteiger partial charge in [-0.25, -0.2) is 18.4 Å². The molecule has 0 fully saturated rings. The van der Waals surface area contributed by atoms with Crippen LogP contribution in [0.3, 0.4) is 0 Å². The van der Waals surface area contributed by atoms with Gasteiger partial charge in [0.15, 0.2) is 4.96 Å². The highest BCUT2D eigenvalue weighted by atomic mass is 32.1. The van der Waals surface area contributed by atoms with Crippen LogP contribution in [0.25, 0.3) is 27.5 Å². The Kier molecular flexibility index (Phi) is 5.96. The number of carbonyl (C=O) groups excluding carboxylic acids is 1. The molecular formula is C25H19F2N5O2S. The summed E-state index contributed by atoms with van der Waals surface area (Å²) in [7, 11) is 0. The van der Waals surface area contributed by atoms with Crippen molar-refractivity contribution in [1.82, 2.24) is 24.5 Å². The van der Waals surface area contributed by atoms with Crippen molar-refractivity contribution in [2.24, 2.45) is 0 Å². The topological polar surface area (TPSA) is 81.3 Å². The maximum absolute atomic E-state index is 13.2. The molecule has 7 nitrogen and oxygen atoms in total. The molecule has 0 atom stereocenters. The number of halogens is 2. The van der Waals surface area contributed by atoms with Crippen LogP contribution in [0.15, 0.2) is 71.7 Å². The van der Waals surface area contributed by atoms with Crippen molar-refractivity contribution in [3.8, 4) is 22.5 Å². The van der Waals surface area contributed by atoms with Gasteiger partial charge in [-0.2, -0.15) is 5.10 Å². The van der Waals surface area contributed by atoms with E-state index in [1.54, 1.807) is 30.3 Å². The predicted molar refractivity (Wildman–Crippen MR) is 129 cm³/mol. The molecule has 0 spiro atoms. The summed E-state index contributed by atoms with van der Waals surface area (Å²) in [5.74, 6) is -0.943. The van der Waals surface area contributed by atoms with Gasteiger partial charge >= 0.3 is 0 Å². The Morgan fingerprint density at radius 2 is 1.57 bits per heavy atom. The normalized spacial score (nSPS) is 11.2. The van der Waals surface area contributed by atoms with Crippen molar-refractivity contribution in [2.75, 3.05) is 6.54 Å². The van der Waals surface area contributed by atoms with E-state index >= 15 is 0 Å². The van der Waals surface area contributed by atoms with Crippen LogP contribution in [0.2, 0.25) is 0 Å². The average molecular weight is 492 g/mol. The summed E-state index contributed by atoms with van der Waals surface area (Å²) >= 11 is 1.25. The van der Waals surface area contributed by atoms with Gasteiger partial charge in [0.2, 0.25) is 0 Å². The second-order valence-electron chi connectivity index (χ2n) is 7.84. The molecule has 3 heterocycles. The first-order valence-electron chi connectivity index (χ1n) is 10.8. The third-order valence-electron chi connectivity index (χ3n) is 5.52. The summed E-state index contributed by atoms with van der Waals surface area (Å²) < 4.78 is 29.5. The van der Waals surface area contributed by atoms with Gasteiger partial charge in [-0.3, -0.25) is 14.0 Å². The van der Waals surface area contributed by atoms with Crippen molar-refractivity contribution in [3.63, 3.8) is 0 Å². The quantitative estimate of drug-likeness (QED) is 0.384. The van der Waals surface area contributed by atoms with Crippen molar-refractivity contribution in [3.05, 3.63) is 99.4 Å². The Labute approximate surface area is 202 Å². The molecule has 2 aromatic carbocycles. The van der Waals surface area contributed by atoms with Crippen LogP contribution >= 0.6 is 11.3 Å². The summed E-state index contributed by atoms with van der Waals surface area (Å²) in [6, 6.07) is 14.9. The largest absolute Gasteiger partial charge is 0.349 e. The van der Waals surface area contributed by atoms with Gasteiger partial charge in [-0.05, 0) is 61.5 Å². The van der Waals surface area contributed by atoms with Gasteiger partial charge < -0.3 is 5.32 Å². The molecule has 0 aliphatic heterocycles. The third kappa shape index (κ3) is 4.60. The van der Waals surface area contributed by atoms with Crippen LogP contribution in [-0.4, -0.2) is 31.6 Å². The zero-order valence-electron chi connectivity index (χ0n) is 18.5. The molecule has 35 heavy (non-hydrogen) atoms. The van der Waals surface area contributed by atoms with Gasteiger partial charge in [-0.15, -0.1) is 0 Å². The first-order valence-corrected chi connectivity index (χ1v) is 11.6. The summed E-state index contributed by atoms with van der Waals surface area (Å²) in [4.78, 5) is 30.7. The zero-order valence-corrected chi connectivity index (χ0v) is 19.4. The van der Waals surface area contributed by atoms with E-state index in [9.17, 15) is 18.4 Å². The predicted octanol–water partition coefficient (Wildman–Crippen LogP) is 4.30. The van der Waals surface area contributed by atoms with Crippen molar-refractivity contribution >= 4 is 22.2 Å². The summed E-state index contributed by atoms with van der Waals surface area (Å²) in [6.07, 6.45) is 1.82. The number of hydrogen-bond acceptors (Lipinski definition) is 5. The lowest BCUT2D eigenvalue weighted by molar-refractivity contribution is 0.0955. The molecule has 0 unspecified atom stereocenters. The fraction of sp³-hybridized carbons (Fsp3) is 0.120. The van der Waals surface area contributed by atoms with Crippen LogP contribution in [0, 0.1) is 18.6 Å². The number of imidazole rings is 1. The zero-order chi connectivity index (χ0) is 24.5. The molecule has 10 heteroatoms. The standard InChI is InChI=1S/C25H19F2N5O2S/c1-15-23(35-25-29-21(14-31(15)25)17-4-8-19(27)9-5-17)24(34)28-12-13-32-22(33)11-10-20(30-32)16-2-6-18(26)7-3-16/h2-11,14H,12-13H2,1H3,(H,28,34). The molecule has 0 bridgehead atoms. The van der Waals surface area contributed by atoms with Crippen LogP contribution in [0.5, 0.6) is 0 Å². The van der Waals surface area contributed by atoms with Crippen LogP contribution < -0.4 is 10.9 Å². The Morgan fingerprint density at radius 1 is 0.943 bits per heavy atom. The fourth-order valence-electron chi connectivity index (χ4n) is 3.66. The molecule has 1 amide bonds. The molecule has 5 aromatic rings. The Balaban J connectivity index is 1.28. The number of carbonyl (C=O) groups is 1. The number of aromatic nitrogens is 4. The molecule has 1 N–H and O–H groups in total. The monoisotopic (exact) mass is 491 g/mol. The number of nitrogens with zero attached hydrogens (tertiary/aromatic N) is 4. The summed E-state index contributed by atoms with van der Waals surface area (Å²) in [5, 5.41) is 7.15. The molecular weight excluding hydrogens is 472 g/mol. The average Bonchev–Trinajstić information content (AvgIpc) is 3.40. The lowest BCUT2D eigenvalue weighted by Crippen LogP contribution is -2.31. The molecule has 0 aliphatic carbocycles. The van der Waals surface area contributed by atoms with Gasteiger partial charge in [0, 0.05) is 35.6 Å². The van der Waals surface area contributed by atoms with E-state index in [0.717, 1.165) is 11.3 Å². The van der Waals surface area contributed by atoms with Gasteiger partial charge in [-0.1, -0.05) is 11.3 Å². The van der Waals surface area contributed by atoms with E-state index in [1.807, 2.05) is 17.5 Å². The van der Waals surface area contributed by atoms with E-state index in [0.29, 0.717) is 26.8 Å². The van der Waals surface area contributed by atoms with Crippen LogP contribution in [0.4, 0.5) is 8.78 Å². The number of aryl methyl sites for hydroxylation is 1. The van der Waals surface area contributed by atoms with Gasteiger partial charge in [0.25, 0.3) is 11.5 Å². The van der Waals surface area contributed by atoms with Crippen molar-refractivity contribution in [1.29, 1.82) is 0 Å². The highest BCUT2D eigenvalue weighted by Gasteiger charge is 2.18. The van der Waals surface area contributed by atoms with E-state index in [1.165, 1.54) is 46.4 Å². The summed E-state index contributed by atoms with van der Waals surface area (Å²) in [6.45, 7) is 2.20. The molecule has 3 aromatic heterocycles. The summed E-state index contributed by atoms with van der Waals surface area (Å²) in [5.41, 5.74) is 3.12. The van der Waals surface area contributed by atoms with Crippen molar-refractivity contribution < 1.29 is 13.6 Å². The maximum atomic E-state index is 13.2. The van der Waals surface area contributed by atoms with Gasteiger partial charge in [0.05, 0.1) is 17.9 Å². The smallest absolute Gasteiger partial charge is 0.266 e. The Bertz CT molecular complexity index is 1590.